The number of rotatable bonds is 4. The number of hydrogen-bond donors (Lipinski definition) is 2. The number of nitrogens with two attached hydrogens (primary N) is 1. The molecule has 2 fully saturated rings. The lowest BCUT2D eigenvalue weighted by Crippen LogP contribution is -2.82. The fourth-order valence-electron chi connectivity index (χ4n) is 4.61. The fourth-order valence-corrected chi connectivity index (χ4v) is 4.61. The standard InChI is InChI=1S/C21H32N2O2.ClH/c1-13(2)15-8-10-16(11-9-15)14(3)23-19(24)21(22)17-7-6-12-25-18(17)20(21,4)5;/h8-11,13-14,17-18H,6-7,12,22H2,1-5H3,(H,23,24);1H. The van der Waals surface area contributed by atoms with E-state index in [2.05, 4.69) is 57.3 Å². The van der Waals surface area contributed by atoms with Gasteiger partial charge in [-0.05, 0) is 36.8 Å². The zero-order chi connectivity index (χ0) is 18.4. The Kier molecular flexibility index (Phi) is 6.11. The normalized spacial score (nSPS) is 30.6. The summed E-state index contributed by atoms with van der Waals surface area (Å²) in [6, 6.07) is 8.41. The van der Waals surface area contributed by atoms with Gasteiger partial charge in [-0.1, -0.05) is 52.0 Å². The minimum Gasteiger partial charge on any atom is -0.377 e. The predicted molar refractivity (Wildman–Crippen MR) is 108 cm³/mol. The lowest BCUT2D eigenvalue weighted by Gasteiger charge is -2.65. The molecule has 0 aromatic heterocycles. The molecule has 146 valence electrons. The molecule has 5 heteroatoms. The fraction of sp³-hybridized carbons (Fsp3) is 0.667. The third-order valence-electron chi connectivity index (χ3n) is 6.51. The Morgan fingerprint density at radius 2 is 1.77 bits per heavy atom. The van der Waals surface area contributed by atoms with Crippen molar-refractivity contribution in [2.75, 3.05) is 6.61 Å². The first-order valence-electron chi connectivity index (χ1n) is 9.51. The number of hydrogen-bond acceptors (Lipinski definition) is 3. The van der Waals surface area contributed by atoms with Crippen LogP contribution < -0.4 is 11.1 Å². The van der Waals surface area contributed by atoms with E-state index in [1.54, 1.807) is 0 Å². The van der Waals surface area contributed by atoms with Crippen LogP contribution in [0.5, 0.6) is 0 Å². The Morgan fingerprint density at radius 3 is 2.35 bits per heavy atom. The highest BCUT2D eigenvalue weighted by molar-refractivity contribution is 5.89. The van der Waals surface area contributed by atoms with Gasteiger partial charge in [-0.25, -0.2) is 0 Å². The van der Waals surface area contributed by atoms with Crippen LogP contribution in [0.1, 0.15) is 70.5 Å². The van der Waals surface area contributed by atoms with Crippen LogP contribution in [0.2, 0.25) is 0 Å². The van der Waals surface area contributed by atoms with Crippen molar-refractivity contribution in [2.24, 2.45) is 17.1 Å². The smallest absolute Gasteiger partial charge is 0.241 e. The average Bonchev–Trinajstić information content (AvgIpc) is 2.60. The van der Waals surface area contributed by atoms with E-state index in [0.717, 1.165) is 25.0 Å². The van der Waals surface area contributed by atoms with Gasteiger partial charge in [0.15, 0.2) is 0 Å². The topological polar surface area (TPSA) is 64.4 Å². The van der Waals surface area contributed by atoms with E-state index in [0.29, 0.717) is 5.92 Å². The molecule has 1 aromatic rings. The van der Waals surface area contributed by atoms with Crippen molar-refractivity contribution in [3.05, 3.63) is 35.4 Å². The molecule has 4 atom stereocenters. The van der Waals surface area contributed by atoms with Crippen molar-refractivity contribution >= 4 is 18.3 Å². The van der Waals surface area contributed by atoms with Gasteiger partial charge in [0.25, 0.3) is 0 Å². The minimum absolute atomic E-state index is 0. The molecular formula is C21H33ClN2O2. The maximum absolute atomic E-state index is 13.1. The number of carbonyl (C=O) groups excluding carboxylic acids is 1. The molecule has 0 spiro atoms. The van der Waals surface area contributed by atoms with Crippen molar-refractivity contribution in [3.63, 3.8) is 0 Å². The molecule has 1 aliphatic heterocycles. The van der Waals surface area contributed by atoms with Crippen molar-refractivity contribution < 1.29 is 9.53 Å². The van der Waals surface area contributed by atoms with Crippen LogP contribution in [0.3, 0.4) is 0 Å². The molecular weight excluding hydrogens is 348 g/mol. The first-order valence-corrected chi connectivity index (χ1v) is 9.51. The molecule has 1 aliphatic carbocycles. The van der Waals surface area contributed by atoms with Gasteiger partial charge < -0.3 is 15.8 Å². The van der Waals surface area contributed by atoms with Gasteiger partial charge in [-0.2, -0.15) is 0 Å². The lowest BCUT2D eigenvalue weighted by molar-refractivity contribution is -0.225. The maximum atomic E-state index is 13.1. The van der Waals surface area contributed by atoms with E-state index in [9.17, 15) is 4.79 Å². The van der Waals surface area contributed by atoms with Gasteiger partial charge in [0.1, 0.15) is 5.54 Å². The number of ether oxygens (including phenoxy) is 1. The van der Waals surface area contributed by atoms with E-state index in [4.69, 9.17) is 10.5 Å². The molecule has 0 radical (unpaired) electrons. The Morgan fingerprint density at radius 1 is 1.19 bits per heavy atom. The Hall–Kier alpha value is -1.10. The Balaban J connectivity index is 0.00000243. The summed E-state index contributed by atoms with van der Waals surface area (Å²) in [5.74, 6) is 0.571. The second-order valence-corrected chi connectivity index (χ2v) is 8.65. The molecule has 4 unspecified atom stereocenters. The van der Waals surface area contributed by atoms with Crippen LogP contribution in [-0.4, -0.2) is 24.2 Å². The lowest BCUT2D eigenvalue weighted by atomic mass is 9.46. The van der Waals surface area contributed by atoms with Crippen LogP contribution in [0.15, 0.2) is 24.3 Å². The van der Waals surface area contributed by atoms with Gasteiger partial charge in [0.05, 0.1) is 12.1 Å². The van der Waals surface area contributed by atoms with Crippen LogP contribution in [0.25, 0.3) is 0 Å². The summed E-state index contributed by atoms with van der Waals surface area (Å²) in [5, 5.41) is 3.16. The molecule has 4 nitrogen and oxygen atoms in total. The number of carbonyl (C=O) groups is 1. The van der Waals surface area contributed by atoms with Crippen LogP contribution in [0.4, 0.5) is 0 Å². The van der Waals surface area contributed by atoms with E-state index in [1.807, 2.05) is 6.92 Å². The van der Waals surface area contributed by atoms with Crippen molar-refractivity contribution in [1.29, 1.82) is 0 Å². The quantitative estimate of drug-likeness (QED) is 0.831. The third-order valence-corrected chi connectivity index (χ3v) is 6.51. The molecule has 0 bridgehead atoms. The maximum Gasteiger partial charge on any atom is 0.241 e. The number of halogens is 1. The van der Waals surface area contributed by atoms with Gasteiger partial charge in [-0.3, -0.25) is 4.79 Å². The minimum atomic E-state index is -0.857. The monoisotopic (exact) mass is 380 g/mol. The number of benzene rings is 1. The average molecular weight is 381 g/mol. The molecule has 3 rings (SSSR count). The van der Waals surface area contributed by atoms with Gasteiger partial charge in [-0.15, -0.1) is 12.4 Å². The molecule has 1 aromatic carbocycles. The molecule has 3 N–H and O–H groups in total. The highest BCUT2D eigenvalue weighted by Crippen LogP contribution is 2.57. The highest BCUT2D eigenvalue weighted by Gasteiger charge is 2.70. The SMILES string of the molecule is CC(C)c1ccc(C(C)NC(=O)C2(N)C3CCCOC3C2(C)C)cc1.Cl. The molecule has 1 saturated carbocycles. The summed E-state index contributed by atoms with van der Waals surface area (Å²) in [5.41, 5.74) is 7.89. The molecule has 1 amide bonds. The first-order chi connectivity index (χ1) is 11.7. The first kappa shape index (κ1) is 21.2. The highest BCUT2D eigenvalue weighted by atomic mass is 35.5. The summed E-state index contributed by atoms with van der Waals surface area (Å²) in [7, 11) is 0. The summed E-state index contributed by atoms with van der Waals surface area (Å²) in [6.45, 7) is 11.3. The zero-order valence-electron chi connectivity index (χ0n) is 16.5. The Labute approximate surface area is 163 Å². The summed E-state index contributed by atoms with van der Waals surface area (Å²) < 4.78 is 5.90. The van der Waals surface area contributed by atoms with Gasteiger partial charge >= 0.3 is 0 Å². The van der Waals surface area contributed by atoms with E-state index in [1.165, 1.54) is 5.56 Å². The molecule has 2 aliphatic rings. The van der Waals surface area contributed by atoms with E-state index in [-0.39, 0.29) is 41.8 Å². The second kappa shape index (κ2) is 7.49. The third kappa shape index (κ3) is 3.17. The zero-order valence-corrected chi connectivity index (χ0v) is 17.4. The van der Waals surface area contributed by atoms with E-state index < -0.39 is 5.54 Å². The molecule has 26 heavy (non-hydrogen) atoms. The predicted octanol–water partition coefficient (Wildman–Crippen LogP) is 3.94. The van der Waals surface area contributed by atoms with Crippen molar-refractivity contribution in [2.45, 2.75) is 71.1 Å². The van der Waals surface area contributed by atoms with Crippen molar-refractivity contribution in [1.82, 2.24) is 5.32 Å². The van der Waals surface area contributed by atoms with Gasteiger partial charge in [0.2, 0.25) is 5.91 Å². The van der Waals surface area contributed by atoms with Crippen LogP contribution in [-0.2, 0) is 9.53 Å². The largest absolute Gasteiger partial charge is 0.377 e. The summed E-state index contributed by atoms with van der Waals surface area (Å²) >= 11 is 0. The van der Waals surface area contributed by atoms with Crippen molar-refractivity contribution in [3.8, 4) is 0 Å². The summed E-state index contributed by atoms with van der Waals surface area (Å²) in [6.07, 6.45) is 2.04. The number of amides is 1. The summed E-state index contributed by atoms with van der Waals surface area (Å²) in [4.78, 5) is 13.1. The molecule has 1 heterocycles. The van der Waals surface area contributed by atoms with Crippen LogP contribution >= 0.6 is 12.4 Å². The number of nitrogens with one attached hydrogen (secondary N) is 1. The Bertz CT molecular complexity index is 644. The number of fused-ring (bicyclic) bond motifs is 1. The van der Waals surface area contributed by atoms with Gasteiger partial charge in [0, 0.05) is 17.9 Å². The molecule has 1 saturated heterocycles. The van der Waals surface area contributed by atoms with Crippen LogP contribution in [0, 0.1) is 11.3 Å². The second-order valence-electron chi connectivity index (χ2n) is 8.65. The van der Waals surface area contributed by atoms with E-state index >= 15 is 0 Å².